The van der Waals surface area contributed by atoms with Crippen molar-refractivity contribution in [2.24, 2.45) is 11.8 Å². The van der Waals surface area contributed by atoms with Crippen LogP contribution in [-0.4, -0.2) is 23.2 Å². The molecule has 0 radical (unpaired) electrons. The smallest absolute Gasteiger partial charge is 0.320 e. The Morgan fingerprint density at radius 3 is 2.65 bits per heavy atom. The Labute approximate surface area is 105 Å². The van der Waals surface area contributed by atoms with Crippen LogP contribution in [0.3, 0.4) is 0 Å². The summed E-state index contributed by atoms with van der Waals surface area (Å²) in [4.78, 5) is 11.2. The van der Waals surface area contributed by atoms with Gasteiger partial charge in [-0.2, -0.15) is 0 Å². The maximum atomic E-state index is 11.2. The minimum Gasteiger partial charge on any atom is -0.480 e. The zero-order chi connectivity index (χ0) is 12.8. The maximum Gasteiger partial charge on any atom is 0.320 e. The topological polar surface area (TPSA) is 49.3 Å². The number of carboxylic acids is 1. The second-order valence-corrected chi connectivity index (χ2v) is 5.70. The average molecular weight is 241 g/mol. The Balaban J connectivity index is 2.45. The lowest BCUT2D eigenvalue weighted by atomic mass is 9.79. The predicted octanol–water partition coefficient (Wildman–Crippen LogP) is 3.04. The first kappa shape index (κ1) is 14.5. The Bertz CT molecular complexity index is 242. The second-order valence-electron chi connectivity index (χ2n) is 5.70. The molecule has 1 aliphatic carbocycles. The Morgan fingerprint density at radius 2 is 2.12 bits per heavy atom. The molecule has 1 saturated carbocycles. The van der Waals surface area contributed by atoms with Gasteiger partial charge in [-0.05, 0) is 37.5 Å². The lowest BCUT2D eigenvalue weighted by molar-refractivity contribution is -0.140. The largest absolute Gasteiger partial charge is 0.480 e. The van der Waals surface area contributed by atoms with E-state index in [1.54, 1.807) is 0 Å². The Morgan fingerprint density at radius 1 is 1.41 bits per heavy atom. The highest BCUT2D eigenvalue weighted by Gasteiger charge is 2.28. The van der Waals surface area contributed by atoms with E-state index in [1.807, 2.05) is 0 Å². The van der Waals surface area contributed by atoms with Gasteiger partial charge >= 0.3 is 5.97 Å². The van der Waals surface area contributed by atoms with Gasteiger partial charge < -0.3 is 10.4 Å². The second kappa shape index (κ2) is 7.00. The first-order valence-electron chi connectivity index (χ1n) is 7.03. The third kappa shape index (κ3) is 4.66. The van der Waals surface area contributed by atoms with Gasteiger partial charge in [-0.3, -0.25) is 4.79 Å². The summed E-state index contributed by atoms with van der Waals surface area (Å²) in [5.74, 6) is 0.702. The van der Waals surface area contributed by atoms with Crippen LogP contribution >= 0.6 is 0 Å². The first-order chi connectivity index (χ1) is 8.04. The Hall–Kier alpha value is -0.570. The van der Waals surface area contributed by atoms with Crippen LogP contribution in [0.5, 0.6) is 0 Å². The van der Waals surface area contributed by atoms with Gasteiger partial charge in [-0.1, -0.05) is 33.6 Å². The van der Waals surface area contributed by atoms with Gasteiger partial charge in [0.15, 0.2) is 0 Å². The molecule has 0 saturated heterocycles. The highest BCUT2D eigenvalue weighted by atomic mass is 16.4. The molecular weight excluding hydrogens is 214 g/mol. The molecule has 0 aromatic carbocycles. The van der Waals surface area contributed by atoms with Crippen molar-refractivity contribution in [3.05, 3.63) is 0 Å². The third-order valence-electron chi connectivity index (χ3n) is 3.99. The van der Waals surface area contributed by atoms with Gasteiger partial charge in [-0.15, -0.1) is 0 Å². The molecule has 0 aromatic heterocycles. The summed E-state index contributed by atoms with van der Waals surface area (Å²) in [7, 11) is 0. The van der Waals surface area contributed by atoms with Crippen molar-refractivity contribution < 1.29 is 9.90 Å². The molecule has 0 aromatic rings. The summed E-state index contributed by atoms with van der Waals surface area (Å²) in [6, 6.07) is 0.0416. The summed E-state index contributed by atoms with van der Waals surface area (Å²) < 4.78 is 0. The van der Waals surface area contributed by atoms with Crippen molar-refractivity contribution in [1.82, 2.24) is 5.32 Å². The van der Waals surface area contributed by atoms with Crippen LogP contribution in [0.15, 0.2) is 0 Å². The van der Waals surface area contributed by atoms with Crippen molar-refractivity contribution in [3.8, 4) is 0 Å². The number of hydrogen-bond acceptors (Lipinski definition) is 2. The summed E-state index contributed by atoms with van der Waals surface area (Å²) in [6.45, 7) is 6.63. The highest BCUT2D eigenvalue weighted by molar-refractivity contribution is 5.73. The fraction of sp³-hybridized carbons (Fsp3) is 0.929. The molecule has 0 aliphatic heterocycles. The van der Waals surface area contributed by atoms with Crippen molar-refractivity contribution in [1.29, 1.82) is 0 Å². The maximum absolute atomic E-state index is 11.2. The molecule has 0 amide bonds. The molecule has 2 N–H and O–H groups in total. The number of unbranched alkanes of at least 4 members (excludes halogenated alkanes) is 1. The Kier molecular flexibility index (Phi) is 5.96. The van der Waals surface area contributed by atoms with Gasteiger partial charge in [0.1, 0.15) is 6.04 Å². The van der Waals surface area contributed by atoms with Crippen molar-refractivity contribution >= 4 is 5.97 Å². The standard InChI is InChI=1S/C14H27NO2/c1-4-5-6-13(14(16)17)15-12-8-7-10(2)9-11(12)3/h10-13,15H,4-9H2,1-3H3,(H,16,17). The summed E-state index contributed by atoms with van der Waals surface area (Å²) >= 11 is 0. The average Bonchev–Trinajstić information content (AvgIpc) is 2.26. The molecular formula is C14H27NO2. The van der Waals surface area contributed by atoms with Crippen LogP contribution in [0.2, 0.25) is 0 Å². The highest BCUT2D eigenvalue weighted by Crippen LogP contribution is 2.29. The van der Waals surface area contributed by atoms with Crippen molar-refractivity contribution in [2.75, 3.05) is 0 Å². The molecule has 4 atom stereocenters. The van der Waals surface area contributed by atoms with Crippen molar-refractivity contribution in [3.63, 3.8) is 0 Å². The molecule has 0 heterocycles. The first-order valence-corrected chi connectivity index (χ1v) is 7.03. The van der Waals surface area contributed by atoms with Crippen LogP contribution in [0.25, 0.3) is 0 Å². The van der Waals surface area contributed by atoms with E-state index in [1.165, 1.54) is 12.8 Å². The zero-order valence-electron chi connectivity index (χ0n) is 11.4. The van der Waals surface area contributed by atoms with Crippen molar-refractivity contribution in [2.45, 2.75) is 71.4 Å². The predicted molar refractivity (Wildman–Crippen MR) is 70.1 cm³/mol. The lowest BCUT2D eigenvalue weighted by Crippen LogP contribution is -2.48. The van der Waals surface area contributed by atoms with Crippen LogP contribution in [0.4, 0.5) is 0 Å². The quantitative estimate of drug-likeness (QED) is 0.751. The van der Waals surface area contributed by atoms with Gasteiger partial charge in [-0.25, -0.2) is 0 Å². The molecule has 17 heavy (non-hydrogen) atoms. The van der Waals surface area contributed by atoms with E-state index in [0.717, 1.165) is 31.6 Å². The number of hydrogen-bond donors (Lipinski definition) is 2. The third-order valence-corrected chi connectivity index (χ3v) is 3.99. The summed E-state index contributed by atoms with van der Waals surface area (Å²) in [5.41, 5.74) is 0. The summed E-state index contributed by atoms with van der Waals surface area (Å²) in [5, 5.41) is 12.6. The van der Waals surface area contributed by atoms with Gasteiger partial charge in [0.2, 0.25) is 0 Å². The molecule has 3 nitrogen and oxygen atoms in total. The molecule has 3 heteroatoms. The minimum atomic E-state index is -0.690. The molecule has 1 rings (SSSR count). The fourth-order valence-electron chi connectivity index (χ4n) is 2.86. The SMILES string of the molecule is CCCCC(NC1CCC(C)CC1C)C(=O)O. The minimum absolute atomic E-state index is 0.351. The number of nitrogens with one attached hydrogen (secondary N) is 1. The van der Waals surface area contributed by atoms with Crippen LogP contribution in [0, 0.1) is 11.8 Å². The molecule has 100 valence electrons. The number of rotatable bonds is 6. The van der Waals surface area contributed by atoms with E-state index in [-0.39, 0.29) is 6.04 Å². The lowest BCUT2D eigenvalue weighted by Gasteiger charge is -2.35. The van der Waals surface area contributed by atoms with E-state index in [2.05, 4.69) is 26.1 Å². The summed E-state index contributed by atoms with van der Waals surface area (Å²) in [6.07, 6.45) is 6.37. The molecule has 0 spiro atoms. The molecule has 4 unspecified atom stereocenters. The fourth-order valence-corrected chi connectivity index (χ4v) is 2.86. The monoisotopic (exact) mass is 241 g/mol. The zero-order valence-corrected chi connectivity index (χ0v) is 11.4. The normalized spacial score (nSPS) is 31.1. The van der Waals surface area contributed by atoms with Gasteiger partial charge in [0.25, 0.3) is 0 Å². The van der Waals surface area contributed by atoms with Gasteiger partial charge in [0, 0.05) is 6.04 Å². The molecule has 1 fully saturated rings. The molecule has 1 aliphatic rings. The van der Waals surface area contributed by atoms with E-state index >= 15 is 0 Å². The van der Waals surface area contributed by atoms with E-state index in [0.29, 0.717) is 12.0 Å². The van der Waals surface area contributed by atoms with Crippen LogP contribution in [0.1, 0.15) is 59.3 Å². The van der Waals surface area contributed by atoms with E-state index in [9.17, 15) is 9.90 Å². The number of aliphatic carboxylic acids is 1. The van der Waals surface area contributed by atoms with E-state index < -0.39 is 5.97 Å². The number of carbonyl (C=O) groups is 1. The number of carboxylic acid groups (broad SMARTS) is 1. The van der Waals surface area contributed by atoms with Crippen LogP contribution < -0.4 is 5.32 Å². The van der Waals surface area contributed by atoms with Crippen LogP contribution in [-0.2, 0) is 4.79 Å². The molecule has 0 bridgehead atoms. The van der Waals surface area contributed by atoms with Gasteiger partial charge in [0.05, 0.1) is 0 Å². The van der Waals surface area contributed by atoms with E-state index in [4.69, 9.17) is 0 Å².